The molecule has 0 aliphatic rings. The quantitative estimate of drug-likeness (QED) is 0.915. The number of sulfone groups is 1. The number of aromatic amines is 1. The van der Waals surface area contributed by atoms with Crippen molar-refractivity contribution in [3.05, 3.63) is 36.0 Å². The molecule has 0 spiro atoms. The monoisotopic (exact) mass is 322 g/mol. The number of carbonyl (C=O) groups is 1. The molecule has 0 saturated carbocycles. The van der Waals surface area contributed by atoms with Gasteiger partial charge in [-0.1, -0.05) is 18.2 Å². The largest absolute Gasteiger partial charge is 0.361 e. The molecule has 0 aliphatic heterocycles. The highest BCUT2D eigenvalue weighted by atomic mass is 32.2. The van der Waals surface area contributed by atoms with Gasteiger partial charge in [0.05, 0.1) is 11.7 Å². The number of hydrogen-bond donors (Lipinski definition) is 1. The lowest BCUT2D eigenvalue weighted by Gasteiger charge is -2.29. The topological polar surface area (TPSA) is 70.2 Å². The smallest absolute Gasteiger partial charge is 0.227 e. The highest BCUT2D eigenvalue weighted by Gasteiger charge is 2.28. The standard InChI is InChI=1S/C16H22N2O3S/c1-11(12(2)22(4,20)21)18(3)16(19)9-13-10-17-15-8-6-5-7-14(13)15/h5-8,10-12,17H,9H2,1-4H3. The minimum atomic E-state index is -3.18. The highest BCUT2D eigenvalue weighted by molar-refractivity contribution is 7.91. The third-order valence-corrected chi connectivity index (χ3v) is 6.12. The van der Waals surface area contributed by atoms with Gasteiger partial charge in [0.25, 0.3) is 0 Å². The second kappa shape index (κ2) is 6.12. The number of nitrogens with zero attached hydrogens (tertiary/aromatic N) is 1. The average molecular weight is 322 g/mol. The van der Waals surface area contributed by atoms with Crippen LogP contribution in [0.4, 0.5) is 0 Å². The van der Waals surface area contributed by atoms with Crippen LogP contribution in [0.1, 0.15) is 19.4 Å². The molecule has 1 N–H and O–H groups in total. The molecule has 2 atom stereocenters. The van der Waals surface area contributed by atoms with E-state index in [0.717, 1.165) is 16.5 Å². The zero-order valence-electron chi connectivity index (χ0n) is 13.3. The van der Waals surface area contributed by atoms with Gasteiger partial charge in [0, 0.05) is 36.4 Å². The molecule has 1 aromatic carbocycles. The fourth-order valence-corrected chi connectivity index (χ4v) is 3.36. The average Bonchev–Trinajstić information content (AvgIpc) is 2.87. The van der Waals surface area contributed by atoms with Crippen molar-refractivity contribution in [2.24, 2.45) is 0 Å². The molecule has 1 heterocycles. The zero-order chi connectivity index (χ0) is 16.5. The highest BCUT2D eigenvalue weighted by Crippen LogP contribution is 2.19. The van der Waals surface area contributed by atoms with E-state index in [9.17, 15) is 13.2 Å². The summed E-state index contributed by atoms with van der Waals surface area (Å²) in [5.74, 6) is -0.0900. The number of benzene rings is 1. The molecule has 0 radical (unpaired) electrons. The van der Waals surface area contributed by atoms with Crippen LogP contribution in [0.5, 0.6) is 0 Å². The predicted octanol–water partition coefficient (Wildman–Crippen LogP) is 1.99. The number of H-pyrrole nitrogens is 1. The maximum absolute atomic E-state index is 12.4. The Hall–Kier alpha value is -1.82. The second-order valence-corrected chi connectivity index (χ2v) is 8.22. The van der Waals surface area contributed by atoms with Gasteiger partial charge < -0.3 is 9.88 Å². The maximum Gasteiger partial charge on any atom is 0.227 e. The first kappa shape index (κ1) is 16.5. The Morgan fingerprint density at radius 3 is 2.55 bits per heavy atom. The lowest BCUT2D eigenvalue weighted by Crippen LogP contribution is -2.45. The summed E-state index contributed by atoms with van der Waals surface area (Å²) in [6.07, 6.45) is 3.29. The number of rotatable bonds is 5. The van der Waals surface area contributed by atoms with Crippen molar-refractivity contribution in [2.75, 3.05) is 13.3 Å². The van der Waals surface area contributed by atoms with Gasteiger partial charge in [0.2, 0.25) is 5.91 Å². The van der Waals surface area contributed by atoms with E-state index in [1.165, 1.54) is 11.2 Å². The van der Waals surface area contributed by atoms with Crippen LogP contribution in [0, 0.1) is 0 Å². The van der Waals surface area contributed by atoms with E-state index < -0.39 is 15.1 Å². The fraction of sp³-hybridized carbons (Fsp3) is 0.438. The van der Waals surface area contributed by atoms with Gasteiger partial charge >= 0.3 is 0 Å². The Morgan fingerprint density at radius 1 is 1.27 bits per heavy atom. The minimum Gasteiger partial charge on any atom is -0.361 e. The summed E-state index contributed by atoms with van der Waals surface area (Å²) < 4.78 is 23.3. The molecule has 0 aliphatic carbocycles. The van der Waals surface area contributed by atoms with Gasteiger partial charge in [-0.2, -0.15) is 0 Å². The van der Waals surface area contributed by atoms with Crippen LogP contribution in [-0.2, 0) is 21.1 Å². The van der Waals surface area contributed by atoms with Crippen LogP contribution in [0.2, 0.25) is 0 Å². The molecule has 0 bridgehead atoms. The summed E-state index contributed by atoms with van der Waals surface area (Å²) in [6, 6.07) is 7.43. The summed E-state index contributed by atoms with van der Waals surface area (Å²) in [5, 5.41) is 0.428. The number of para-hydroxylation sites is 1. The van der Waals surface area contributed by atoms with Crippen molar-refractivity contribution in [3.63, 3.8) is 0 Å². The molecule has 5 nitrogen and oxygen atoms in total. The van der Waals surface area contributed by atoms with Crippen LogP contribution >= 0.6 is 0 Å². The molecule has 120 valence electrons. The normalized spacial score (nSPS) is 14.7. The molecule has 1 aromatic heterocycles. The molecule has 0 fully saturated rings. The Balaban J connectivity index is 2.15. The molecular formula is C16H22N2O3S. The Labute approximate surface area is 131 Å². The number of carbonyl (C=O) groups excluding carboxylic acids is 1. The number of hydrogen-bond acceptors (Lipinski definition) is 3. The van der Waals surface area contributed by atoms with Gasteiger partial charge in [0.15, 0.2) is 9.84 Å². The molecule has 22 heavy (non-hydrogen) atoms. The van der Waals surface area contributed by atoms with Gasteiger partial charge in [-0.15, -0.1) is 0 Å². The summed E-state index contributed by atoms with van der Waals surface area (Å²) in [7, 11) is -1.52. The van der Waals surface area contributed by atoms with Crippen molar-refractivity contribution in [1.29, 1.82) is 0 Å². The number of likely N-dealkylation sites (N-methyl/N-ethyl adjacent to an activating group) is 1. The van der Waals surface area contributed by atoms with E-state index in [2.05, 4.69) is 4.98 Å². The van der Waals surface area contributed by atoms with E-state index in [1.807, 2.05) is 30.5 Å². The number of aromatic nitrogens is 1. The Kier molecular flexibility index (Phi) is 4.60. The number of nitrogens with one attached hydrogen (secondary N) is 1. The summed E-state index contributed by atoms with van der Waals surface area (Å²) >= 11 is 0. The van der Waals surface area contributed by atoms with E-state index >= 15 is 0 Å². The Morgan fingerprint density at radius 2 is 1.91 bits per heavy atom. The van der Waals surface area contributed by atoms with E-state index in [-0.39, 0.29) is 18.4 Å². The molecular weight excluding hydrogens is 300 g/mol. The van der Waals surface area contributed by atoms with Crippen LogP contribution in [0.25, 0.3) is 10.9 Å². The fourth-order valence-electron chi connectivity index (χ4n) is 2.47. The molecule has 2 unspecified atom stereocenters. The van der Waals surface area contributed by atoms with Crippen molar-refractivity contribution < 1.29 is 13.2 Å². The maximum atomic E-state index is 12.4. The zero-order valence-corrected chi connectivity index (χ0v) is 14.1. The lowest BCUT2D eigenvalue weighted by molar-refractivity contribution is -0.130. The van der Waals surface area contributed by atoms with Crippen LogP contribution < -0.4 is 0 Å². The third-order valence-electron chi connectivity index (χ3n) is 4.38. The SMILES string of the molecule is CC(C(C)S(C)(=O)=O)N(C)C(=O)Cc1c[nH]c2ccccc12. The molecule has 6 heteroatoms. The van der Waals surface area contributed by atoms with Gasteiger partial charge in [-0.25, -0.2) is 8.42 Å². The van der Waals surface area contributed by atoms with Gasteiger partial charge in [0.1, 0.15) is 0 Å². The first-order valence-corrected chi connectivity index (χ1v) is 9.16. The lowest BCUT2D eigenvalue weighted by atomic mass is 10.1. The van der Waals surface area contributed by atoms with Crippen molar-refractivity contribution in [3.8, 4) is 0 Å². The first-order valence-electron chi connectivity index (χ1n) is 7.21. The van der Waals surface area contributed by atoms with Crippen molar-refractivity contribution >= 4 is 26.6 Å². The summed E-state index contributed by atoms with van der Waals surface area (Å²) in [4.78, 5) is 17.1. The van der Waals surface area contributed by atoms with E-state index in [0.29, 0.717) is 0 Å². The molecule has 2 rings (SSSR count). The summed E-state index contributed by atoms with van der Waals surface area (Å²) in [6.45, 7) is 3.40. The van der Waals surface area contributed by atoms with Gasteiger partial charge in [-0.3, -0.25) is 4.79 Å². The van der Waals surface area contributed by atoms with E-state index in [4.69, 9.17) is 0 Å². The minimum absolute atomic E-state index is 0.0900. The number of fused-ring (bicyclic) bond motifs is 1. The van der Waals surface area contributed by atoms with Crippen LogP contribution in [0.3, 0.4) is 0 Å². The van der Waals surface area contributed by atoms with Crippen molar-refractivity contribution in [2.45, 2.75) is 31.6 Å². The predicted molar refractivity (Wildman–Crippen MR) is 88.5 cm³/mol. The third kappa shape index (κ3) is 3.32. The molecule has 2 aromatic rings. The van der Waals surface area contributed by atoms with Crippen molar-refractivity contribution in [1.82, 2.24) is 9.88 Å². The Bertz CT molecular complexity index is 780. The first-order chi connectivity index (χ1) is 10.2. The molecule has 1 amide bonds. The second-order valence-electron chi connectivity index (χ2n) is 5.82. The van der Waals surface area contributed by atoms with Crippen LogP contribution in [0.15, 0.2) is 30.5 Å². The molecule has 0 saturated heterocycles. The van der Waals surface area contributed by atoms with Gasteiger partial charge in [-0.05, 0) is 25.5 Å². The van der Waals surface area contributed by atoms with E-state index in [1.54, 1.807) is 20.9 Å². The number of amides is 1. The van der Waals surface area contributed by atoms with Crippen LogP contribution in [-0.4, -0.2) is 48.8 Å². The summed E-state index contributed by atoms with van der Waals surface area (Å²) in [5.41, 5.74) is 1.91.